The molecule has 1 amide bonds. The van der Waals surface area contributed by atoms with Gasteiger partial charge in [-0.15, -0.1) is 0 Å². The average molecular weight is 350 g/mol. The van der Waals surface area contributed by atoms with Gasteiger partial charge in [-0.2, -0.15) is 0 Å². The van der Waals surface area contributed by atoms with Gasteiger partial charge in [0.15, 0.2) is 0 Å². The number of nitrogens with zero attached hydrogens (tertiary/aromatic N) is 1. The molecule has 21 heavy (non-hydrogen) atoms. The van der Waals surface area contributed by atoms with E-state index in [9.17, 15) is 4.79 Å². The topological polar surface area (TPSA) is 32.3 Å². The zero-order valence-corrected chi connectivity index (χ0v) is 14.2. The fourth-order valence-electron chi connectivity index (χ4n) is 2.72. The Bertz CT molecular complexity index is 522. The van der Waals surface area contributed by atoms with E-state index >= 15 is 0 Å². The van der Waals surface area contributed by atoms with Gasteiger partial charge in [-0.3, -0.25) is 9.69 Å². The molecular weight excluding hydrogens is 331 g/mol. The molecule has 0 bridgehead atoms. The summed E-state index contributed by atoms with van der Waals surface area (Å²) in [5.74, 6) is -0.0735. The standard InChI is InChI=1S/C15H19Cl3N2O/c1-2-10-5-3-4-6-20(10)9-15(21)19-14-8-12(17)11(16)7-13(14)18/h7-8,10H,2-6,9H2,1H3,(H,19,21). The lowest BCUT2D eigenvalue weighted by atomic mass is 10.00. The van der Waals surface area contributed by atoms with Crippen LogP contribution in [0.2, 0.25) is 15.1 Å². The van der Waals surface area contributed by atoms with Crippen LogP contribution in [0.5, 0.6) is 0 Å². The van der Waals surface area contributed by atoms with Gasteiger partial charge in [0.25, 0.3) is 0 Å². The van der Waals surface area contributed by atoms with Crippen molar-refractivity contribution in [3.8, 4) is 0 Å². The molecule has 1 aliphatic rings. The third kappa shape index (κ3) is 4.49. The molecule has 1 aromatic carbocycles. The lowest BCUT2D eigenvalue weighted by Gasteiger charge is -2.34. The monoisotopic (exact) mass is 348 g/mol. The zero-order chi connectivity index (χ0) is 15.4. The van der Waals surface area contributed by atoms with Crippen molar-refractivity contribution in [1.82, 2.24) is 4.90 Å². The third-order valence-electron chi connectivity index (χ3n) is 3.85. The summed E-state index contributed by atoms with van der Waals surface area (Å²) in [6.45, 7) is 3.52. The SMILES string of the molecule is CCC1CCCCN1CC(=O)Nc1cc(Cl)c(Cl)cc1Cl. The second-order valence-electron chi connectivity index (χ2n) is 5.32. The minimum absolute atomic E-state index is 0.0735. The second kappa shape index (κ2) is 7.68. The van der Waals surface area contributed by atoms with E-state index in [-0.39, 0.29) is 5.91 Å². The first-order chi connectivity index (χ1) is 10.0. The molecule has 1 N–H and O–H groups in total. The van der Waals surface area contributed by atoms with Crippen LogP contribution in [0.4, 0.5) is 5.69 Å². The number of likely N-dealkylation sites (tertiary alicyclic amines) is 1. The lowest BCUT2D eigenvalue weighted by molar-refractivity contribution is -0.118. The Morgan fingerprint density at radius 3 is 2.67 bits per heavy atom. The summed E-state index contributed by atoms with van der Waals surface area (Å²) in [6, 6.07) is 3.61. The van der Waals surface area contributed by atoms with Gasteiger partial charge in [0, 0.05) is 6.04 Å². The van der Waals surface area contributed by atoms with Crippen LogP contribution in [0.3, 0.4) is 0 Å². The van der Waals surface area contributed by atoms with Crippen molar-refractivity contribution < 1.29 is 4.79 Å². The van der Waals surface area contributed by atoms with Crippen LogP contribution < -0.4 is 5.32 Å². The minimum Gasteiger partial charge on any atom is -0.324 e. The van der Waals surface area contributed by atoms with Crippen molar-refractivity contribution in [3.05, 3.63) is 27.2 Å². The number of hydrogen-bond donors (Lipinski definition) is 1. The lowest BCUT2D eigenvalue weighted by Crippen LogP contribution is -2.43. The fourth-order valence-corrected chi connectivity index (χ4v) is 3.32. The van der Waals surface area contributed by atoms with Gasteiger partial charge in [0.2, 0.25) is 5.91 Å². The van der Waals surface area contributed by atoms with Gasteiger partial charge in [0.1, 0.15) is 0 Å². The third-order valence-corrected chi connectivity index (χ3v) is 4.89. The molecule has 6 heteroatoms. The highest BCUT2D eigenvalue weighted by Gasteiger charge is 2.23. The number of nitrogens with one attached hydrogen (secondary N) is 1. The Labute approximate surface area is 140 Å². The number of anilines is 1. The summed E-state index contributed by atoms with van der Waals surface area (Å²) in [5, 5.41) is 3.96. The number of piperidine rings is 1. The van der Waals surface area contributed by atoms with Crippen molar-refractivity contribution in [1.29, 1.82) is 0 Å². The molecule has 116 valence electrons. The Kier molecular flexibility index (Phi) is 6.18. The van der Waals surface area contributed by atoms with E-state index in [0.717, 1.165) is 25.8 Å². The van der Waals surface area contributed by atoms with Crippen molar-refractivity contribution >= 4 is 46.4 Å². The van der Waals surface area contributed by atoms with E-state index in [1.807, 2.05) is 0 Å². The molecule has 1 saturated heterocycles. The fraction of sp³-hybridized carbons (Fsp3) is 0.533. The summed E-state index contributed by atoms with van der Waals surface area (Å²) in [4.78, 5) is 14.4. The summed E-state index contributed by atoms with van der Waals surface area (Å²) in [7, 11) is 0. The molecule has 1 heterocycles. The van der Waals surface area contributed by atoms with Crippen LogP contribution in [0.25, 0.3) is 0 Å². The molecular formula is C15H19Cl3N2O. The van der Waals surface area contributed by atoms with Gasteiger partial charge in [0.05, 0.1) is 27.3 Å². The molecule has 0 radical (unpaired) electrons. The van der Waals surface area contributed by atoms with Gasteiger partial charge < -0.3 is 5.32 Å². The molecule has 1 aromatic rings. The number of carbonyl (C=O) groups is 1. The molecule has 2 rings (SSSR count). The molecule has 0 aliphatic carbocycles. The normalized spacial score (nSPS) is 19.5. The van der Waals surface area contributed by atoms with Crippen LogP contribution in [0, 0.1) is 0 Å². The van der Waals surface area contributed by atoms with Crippen molar-refractivity contribution in [2.24, 2.45) is 0 Å². The van der Waals surface area contributed by atoms with E-state index in [2.05, 4.69) is 17.1 Å². The molecule has 1 aliphatic heterocycles. The number of hydrogen-bond acceptors (Lipinski definition) is 2. The predicted octanol–water partition coefficient (Wildman–Crippen LogP) is 4.85. The number of halogens is 3. The maximum absolute atomic E-state index is 12.2. The molecule has 3 nitrogen and oxygen atoms in total. The number of amides is 1. The number of carbonyl (C=O) groups excluding carboxylic acids is 1. The first-order valence-electron chi connectivity index (χ1n) is 7.19. The van der Waals surface area contributed by atoms with Crippen LogP contribution in [0.1, 0.15) is 32.6 Å². The molecule has 0 aromatic heterocycles. The second-order valence-corrected chi connectivity index (χ2v) is 6.54. The van der Waals surface area contributed by atoms with Crippen molar-refractivity contribution in [3.63, 3.8) is 0 Å². The Balaban J connectivity index is 2.00. The minimum atomic E-state index is -0.0735. The number of benzene rings is 1. The molecule has 1 atom stereocenters. The Hall–Kier alpha value is -0.480. The van der Waals surface area contributed by atoms with Gasteiger partial charge in [-0.05, 0) is 37.9 Å². The van der Waals surface area contributed by atoms with Crippen molar-refractivity contribution in [2.75, 3.05) is 18.4 Å². The average Bonchev–Trinajstić information content (AvgIpc) is 2.45. The zero-order valence-electron chi connectivity index (χ0n) is 12.0. The first kappa shape index (κ1) is 16.9. The van der Waals surface area contributed by atoms with Gasteiger partial charge >= 0.3 is 0 Å². The quantitative estimate of drug-likeness (QED) is 0.788. The summed E-state index contributed by atoms with van der Waals surface area (Å²) in [6.07, 6.45) is 4.63. The van der Waals surface area contributed by atoms with E-state index < -0.39 is 0 Å². The summed E-state index contributed by atoms with van der Waals surface area (Å²) in [5.41, 5.74) is 0.501. The van der Waals surface area contributed by atoms with E-state index in [1.54, 1.807) is 6.07 Å². The Morgan fingerprint density at radius 1 is 1.24 bits per heavy atom. The first-order valence-corrected chi connectivity index (χ1v) is 8.33. The Morgan fingerprint density at radius 2 is 1.95 bits per heavy atom. The maximum Gasteiger partial charge on any atom is 0.238 e. The van der Waals surface area contributed by atoms with Crippen molar-refractivity contribution in [2.45, 2.75) is 38.6 Å². The highest BCUT2D eigenvalue weighted by Crippen LogP contribution is 2.32. The molecule has 0 saturated carbocycles. The van der Waals surface area contributed by atoms with Gasteiger partial charge in [-0.25, -0.2) is 0 Å². The van der Waals surface area contributed by atoms with E-state index in [0.29, 0.717) is 33.3 Å². The number of rotatable bonds is 4. The van der Waals surface area contributed by atoms with E-state index in [4.69, 9.17) is 34.8 Å². The smallest absolute Gasteiger partial charge is 0.238 e. The van der Waals surface area contributed by atoms with Crippen LogP contribution >= 0.6 is 34.8 Å². The molecule has 1 unspecified atom stereocenters. The molecule has 0 spiro atoms. The maximum atomic E-state index is 12.2. The molecule has 1 fully saturated rings. The summed E-state index contributed by atoms with van der Waals surface area (Å²) < 4.78 is 0. The predicted molar refractivity (Wildman–Crippen MR) is 89.6 cm³/mol. The van der Waals surface area contributed by atoms with Crippen LogP contribution in [-0.4, -0.2) is 29.9 Å². The summed E-state index contributed by atoms with van der Waals surface area (Å²) >= 11 is 17.9. The van der Waals surface area contributed by atoms with Crippen LogP contribution in [0.15, 0.2) is 12.1 Å². The van der Waals surface area contributed by atoms with Crippen LogP contribution in [-0.2, 0) is 4.79 Å². The van der Waals surface area contributed by atoms with E-state index in [1.165, 1.54) is 12.5 Å². The highest BCUT2D eigenvalue weighted by atomic mass is 35.5. The largest absolute Gasteiger partial charge is 0.324 e. The van der Waals surface area contributed by atoms with Gasteiger partial charge in [-0.1, -0.05) is 48.1 Å². The highest BCUT2D eigenvalue weighted by molar-refractivity contribution is 6.44.